The molecule has 0 bridgehead atoms. The average molecular weight is 336 g/mol. The van der Waals surface area contributed by atoms with Gasteiger partial charge < -0.3 is 5.32 Å². The van der Waals surface area contributed by atoms with Crippen molar-refractivity contribution in [1.29, 1.82) is 0 Å². The molecule has 2 heterocycles. The second-order valence-electron chi connectivity index (χ2n) is 6.20. The molecule has 0 aromatic heterocycles. The maximum absolute atomic E-state index is 13.0. The van der Waals surface area contributed by atoms with Crippen LogP contribution in [0.15, 0.2) is 0 Å². The maximum atomic E-state index is 13.0. The van der Waals surface area contributed by atoms with Crippen LogP contribution in [0.5, 0.6) is 0 Å². The number of nitrogens with zero attached hydrogens (tertiary/aromatic N) is 2. The first-order valence-corrected chi connectivity index (χ1v) is 10.6. The van der Waals surface area contributed by atoms with E-state index in [2.05, 4.69) is 19.2 Å². The van der Waals surface area contributed by atoms with Gasteiger partial charge in [0.2, 0.25) is 0 Å². The number of hydrogen-bond donors (Lipinski definition) is 1. The highest BCUT2D eigenvalue weighted by Crippen LogP contribution is 2.24. The molecule has 0 saturated carbocycles. The van der Waals surface area contributed by atoms with Crippen LogP contribution in [0, 0.1) is 0 Å². The molecule has 0 aromatic rings. The average Bonchev–Trinajstić information content (AvgIpc) is 2.75. The number of rotatable bonds is 5. The van der Waals surface area contributed by atoms with Gasteiger partial charge in [-0.2, -0.15) is 28.8 Å². The zero-order chi connectivity index (χ0) is 15.3. The largest absolute Gasteiger partial charge is 0.313 e. The van der Waals surface area contributed by atoms with E-state index in [1.54, 1.807) is 8.61 Å². The summed E-state index contributed by atoms with van der Waals surface area (Å²) in [5.41, 5.74) is 0. The van der Waals surface area contributed by atoms with E-state index < -0.39 is 10.2 Å². The molecule has 2 aliphatic heterocycles. The van der Waals surface area contributed by atoms with Crippen molar-refractivity contribution in [2.24, 2.45) is 0 Å². The van der Waals surface area contributed by atoms with Crippen molar-refractivity contribution >= 4 is 22.0 Å². The molecule has 2 rings (SSSR count). The molecule has 0 spiro atoms. The van der Waals surface area contributed by atoms with Crippen LogP contribution in [0.3, 0.4) is 0 Å². The molecule has 1 atom stereocenters. The van der Waals surface area contributed by atoms with Crippen LogP contribution in [0.1, 0.15) is 39.5 Å². The summed E-state index contributed by atoms with van der Waals surface area (Å²) in [6.07, 6.45) is 4.06. The second kappa shape index (κ2) is 8.15. The Morgan fingerprint density at radius 3 is 2.71 bits per heavy atom. The summed E-state index contributed by atoms with van der Waals surface area (Å²) in [6, 6.07) is 0.508. The van der Waals surface area contributed by atoms with E-state index in [-0.39, 0.29) is 6.04 Å². The van der Waals surface area contributed by atoms with E-state index in [9.17, 15) is 8.42 Å². The van der Waals surface area contributed by atoms with E-state index in [1.807, 2.05) is 11.8 Å². The normalized spacial score (nSPS) is 26.9. The first-order valence-electron chi connectivity index (χ1n) is 8.10. The minimum atomic E-state index is -3.29. The topological polar surface area (TPSA) is 52.7 Å². The van der Waals surface area contributed by atoms with Crippen LogP contribution >= 0.6 is 11.8 Å². The molecule has 0 amide bonds. The Labute approximate surface area is 134 Å². The molecule has 1 unspecified atom stereocenters. The Kier molecular flexibility index (Phi) is 6.80. The Hall–Kier alpha value is 0.180. The lowest BCUT2D eigenvalue weighted by Gasteiger charge is -2.38. The summed E-state index contributed by atoms with van der Waals surface area (Å²) >= 11 is 1.86. The lowest BCUT2D eigenvalue weighted by molar-refractivity contribution is 0.224. The molecular formula is C14H29N3O2S2. The van der Waals surface area contributed by atoms with E-state index in [0.29, 0.717) is 25.7 Å². The van der Waals surface area contributed by atoms with Gasteiger partial charge in [0.15, 0.2) is 0 Å². The van der Waals surface area contributed by atoms with Crippen molar-refractivity contribution in [2.45, 2.75) is 51.6 Å². The van der Waals surface area contributed by atoms with Crippen molar-refractivity contribution < 1.29 is 8.42 Å². The summed E-state index contributed by atoms with van der Waals surface area (Å²) in [5, 5.41) is 3.40. The van der Waals surface area contributed by atoms with Gasteiger partial charge in [0, 0.05) is 44.0 Å². The SMILES string of the molecule is CC(C)NCC1CCCCN1S(=O)(=O)N1CCCSCC1. The van der Waals surface area contributed by atoms with Gasteiger partial charge in [-0.15, -0.1) is 0 Å². The standard InChI is InChI=1S/C14H29N3O2S2/c1-13(2)15-12-14-6-3-4-8-17(14)21(18,19)16-7-5-10-20-11-9-16/h13-15H,3-12H2,1-2H3. The van der Waals surface area contributed by atoms with Gasteiger partial charge in [0.05, 0.1) is 0 Å². The molecule has 0 aliphatic carbocycles. The lowest BCUT2D eigenvalue weighted by atomic mass is 10.0. The third-order valence-corrected chi connectivity index (χ3v) is 7.28. The summed E-state index contributed by atoms with van der Waals surface area (Å²) in [7, 11) is -3.29. The Morgan fingerprint density at radius 1 is 1.14 bits per heavy atom. The summed E-state index contributed by atoms with van der Waals surface area (Å²) in [5.74, 6) is 1.99. The molecule has 2 aliphatic rings. The van der Waals surface area contributed by atoms with Gasteiger partial charge in [0.25, 0.3) is 10.2 Å². The number of thioether (sulfide) groups is 1. The fourth-order valence-corrected chi connectivity index (χ4v) is 5.85. The van der Waals surface area contributed by atoms with Crippen LogP contribution in [0.25, 0.3) is 0 Å². The first-order chi connectivity index (χ1) is 10.0. The van der Waals surface area contributed by atoms with Crippen molar-refractivity contribution in [3.05, 3.63) is 0 Å². The van der Waals surface area contributed by atoms with E-state index >= 15 is 0 Å². The van der Waals surface area contributed by atoms with Gasteiger partial charge in [-0.25, -0.2) is 0 Å². The molecule has 21 heavy (non-hydrogen) atoms. The first kappa shape index (κ1) is 17.5. The smallest absolute Gasteiger partial charge is 0.282 e. The highest BCUT2D eigenvalue weighted by Gasteiger charge is 2.36. The third-order valence-electron chi connectivity index (χ3n) is 4.14. The number of piperidine rings is 1. The predicted octanol–water partition coefficient (Wildman–Crippen LogP) is 1.52. The number of hydrogen-bond acceptors (Lipinski definition) is 4. The Bertz CT molecular complexity index is 406. The predicted molar refractivity (Wildman–Crippen MR) is 89.9 cm³/mol. The van der Waals surface area contributed by atoms with Gasteiger partial charge >= 0.3 is 0 Å². The third kappa shape index (κ3) is 4.82. The maximum Gasteiger partial charge on any atom is 0.282 e. The summed E-state index contributed by atoms with van der Waals surface area (Å²) < 4.78 is 29.4. The van der Waals surface area contributed by atoms with Crippen LogP contribution in [0.2, 0.25) is 0 Å². The molecular weight excluding hydrogens is 306 g/mol. The van der Waals surface area contributed by atoms with E-state index in [1.165, 1.54) is 0 Å². The molecule has 0 radical (unpaired) electrons. The van der Waals surface area contributed by atoms with Crippen molar-refractivity contribution in [3.63, 3.8) is 0 Å². The van der Waals surface area contributed by atoms with E-state index in [4.69, 9.17) is 0 Å². The minimum Gasteiger partial charge on any atom is -0.313 e. The molecule has 2 saturated heterocycles. The lowest BCUT2D eigenvalue weighted by Crippen LogP contribution is -2.54. The second-order valence-corrected chi connectivity index (χ2v) is 9.30. The molecule has 0 aromatic carbocycles. The Morgan fingerprint density at radius 2 is 1.95 bits per heavy atom. The van der Waals surface area contributed by atoms with Crippen LogP contribution < -0.4 is 5.32 Å². The van der Waals surface area contributed by atoms with Gasteiger partial charge in [-0.3, -0.25) is 0 Å². The molecule has 124 valence electrons. The minimum absolute atomic E-state index is 0.113. The number of nitrogens with one attached hydrogen (secondary N) is 1. The highest BCUT2D eigenvalue weighted by molar-refractivity contribution is 7.99. The quantitative estimate of drug-likeness (QED) is 0.828. The van der Waals surface area contributed by atoms with Crippen molar-refractivity contribution in [3.8, 4) is 0 Å². The van der Waals surface area contributed by atoms with Crippen LogP contribution in [0.4, 0.5) is 0 Å². The van der Waals surface area contributed by atoms with Crippen molar-refractivity contribution in [2.75, 3.05) is 37.7 Å². The Balaban J connectivity index is 2.06. The summed E-state index contributed by atoms with van der Waals surface area (Å²) in [6.45, 7) is 6.99. The molecule has 5 nitrogen and oxygen atoms in total. The highest BCUT2D eigenvalue weighted by atomic mass is 32.2. The van der Waals surface area contributed by atoms with E-state index in [0.717, 1.165) is 43.7 Å². The zero-order valence-corrected chi connectivity index (χ0v) is 14.9. The van der Waals surface area contributed by atoms with Crippen LogP contribution in [-0.4, -0.2) is 66.8 Å². The van der Waals surface area contributed by atoms with Gasteiger partial charge in [-0.1, -0.05) is 20.3 Å². The monoisotopic (exact) mass is 335 g/mol. The van der Waals surface area contributed by atoms with Gasteiger partial charge in [0.1, 0.15) is 0 Å². The molecule has 7 heteroatoms. The van der Waals surface area contributed by atoms with Crippen LogP contribution in [-0.2, 0) is 10.2 Å². The van der Waals surface area contributed by atoms with Crippen molar-refractivity contribution in [1.82, 2.24) is 13.9 Å². The fourth-order valence-electron chi connectivity index (χ4n) is 2.96. The van der Waals surface area contributed by atoms with Gasteiger partial charge in [-0.05, 0) is 25.0 Å². The summed E-state index contributed by atoms with van der Waals surface area (Å²) in [4.78, 5) is 0. The zero-order valence-electron chi connectivity index (χ0n) is 13.3. The molecule has 1 N–H and O–H groups in total. The fraction of sp³-hybridized carbons (Fsp3) is 1.00. The molecule has 2 fully saturated rings.